The molecule has 0 fully saturated rings. The van der Waals surface area contributed by atoms with E-state index in [0.717, 1.165) is 12.0 Å². The molecule has 0 saturated heterocycles. The van der Waals surface area contributed by atoms with Crippen molar-refractivity contribution in [1.82, 2.24) is 0 Å². The Morgan fingerprint density at radius 1 is 1.73 bits per heavy atom. The van der Waals surface area contributed by atoms with Crippen molar-refractivity contribution in [2.75, 3.05) is 6.61 Å². The summed E-state index contributed by atoms with van der Waals surface area (Å²) in [6.45, 7) is 8.32. The highest BCUT2D eigenvalue weighted by Crippen LogP contribution is 2.01. The Kier molecular flexibility index (Phi) is 5.50. The second-order valence-corrected chi connectivity index (χ2v) is 2.59. The van der Waals surface area contributed by atoms with E-state index in [0.29, 0.717) is 13.0 Å². The topological polar surface area (TPSA) is 33.0 Å². The van der Waals surface area contributed by atoms with Crippen molar-refractivity contribution < 1.29 is 4.74 Å². The molecule has 0 aliphatic rings. The molecular weight excluding hydrogens is 138 g/mol. The fraction of sp³-hybridized carbons (Fsp3) is 0.667. The third-order valence-electron chi connectivity index (χ3n) is 1.45. The number of hydrogen-bond donors (Lipinski definition) is 0. The van der Waals surface area contributed by atoms with Crippen LogP contribution >= 0.6 is 0 Å². The lowest BCUT2D eigenvalue weighted by atomic mass is 10.2. The Morgan fingerprint density at radius 3 is 2.82 bits per heavy atom. The summed E-state index contributed by atoms with van der Waals surface area (Å²) < 4.78 is 5.31. The third kappa shape index (κ3) is 5.63. The van der Waals surface area contributed by atoms with Crippen LogP contribution in [0.15, 0.2) is 12.2 Å². The second kappa shape index (κ2) is 5.94. The summed E-state index contributed by atoms with van der Waals surface area (Å²) in [5, 5.41) is 8.31. The van der Waals surface area contributed by atoms with E-state index in [-0.39, 0.29) is 6.10 Å². The molecule has 0 radical (unpaired) electrons. The van der Waals surface area contributed by atoms with Crippen LogP contribution in [0.5, 0.6) is 0 Å². The van der Waals surface area contributed by atoms with Gasteiger partial charge in [0.1, 0.15) is 0 Å². The molecule has 0 N–H and O–H groups in total. The van der Waals surface area contributed by atoms with Crippen LogP contribution in [0.4, 0.5) is 0 Å². The Bertz CT molecular complexity index is 157. The van der Waals surface area contributed by atoms with E-state index >= 15 is 0 Å². The number of ether oxygens (including phenoxy) is 1. The highest BCUT2D eigenvalue weighted by Gasteiger charge is 2.00. The van der Waals surface area contributed by atoms with Gasteiger partial charge >= 0.3 is 0 Å². The van der Waals surface area contributed by atoms with Gasteiger partial charge < -0.3 is 4.74 Å². The Labute approximate surface area is 68.5 Å². The summed E-state index contributed by atoms with van der Waals surface area (Å²) in [5.41, 5.74) is 1.08. The molecule has 0 heterocycles. The van der Waals surface area contributed by atoms with Gasteiger partial charge in [0.2, 0.25) is 0 Å². The van der Waals surface area contributed by atoms with Crippen LogP contribution in [-0.2, 0) is 4.74 Å². The monoisotopic (exact) mass is 153 g/mol. The van der Waals surface area contributed by atoms with Crippen molar-refractivity contribution >= 4 is 0 Å². The van der Waals surface area contributed by atoms with Gasteiger partial charge in [-0.05, 0) is 13.3 Å². The molecule has 0 saturated carbocycles. The van der Waals surface area contributed by atoms with E-state index in [1.165, 1.54) is 0 Å². The molecule has 0 spiro atoms. The summed E-state index contributed by atoms with van der Waals surface area (Å²) in [4.78, 5) is 0. The molecule has 11 heavy (non-hydrogen) atoms. The molecule has 2 nitrogen and oxygen atoms in total. The van der Waals surface area contributed by atoms with E-state index in [9.17, 15) is 0 Å². The quantitative estimate of drug-likeness (QED) is 0.567. The van der Waals surface area contributed by atoms with Crippen LogP contribution in [0.3, 0.4) is 0 Å². The van der Waals surface area contributed by atoms with Crippen LogP contribution in [0.1, 0.15) is 26.7 Å². The van der Waals surface area contributed by atoms with Crippen LogP contribution in [0.25, 0.3) is 0 Å². The molecule has 1 atom stereocenters. The zero-order valence-corrected chi connectivity index (χ0v) is 7.26. The first-order valence-electron chi connectivity index (χ1n) is 3.85. The average Bonchev–Trinajstić information content (AvgIpc) is 2.01. The lowest BCUT2D eigenvalue weighted by Gasteiger charge is -2.09. The molecule has 0 aromatic carbocycles. The molecule has 2 heteroatoms. The minimum absolute atomic E-state index is 0.0308. The fourth-order valence-corrected chi connectivity index (χ4v) is 0.550. The largest absolute Gasteiger partial charge is 0.373 e. The zero-order valence-electron chi connectivity index (χ0n) is 7.26. The second-order valence-electron chi connectivity index (χ2n) is 2.59. The smallest absolute Gasteiger partial charge is 0.0681 e. The van der Waals surface area contributed by atoms with Crippen LogP contribution in [0, 0.1) is 11.3 Å². The van der Waals surface area contributed by atoms with Gasteiger partial charge in [0.05, 0.1) is 25.2 Å². The van der Waals surface area contributed by atoms with Gasteiger partial charge in [-0.15, -0.1) is 0 Å². The van der Waals surface area contributed by atoms with Gasteiger partial charge in [0.15, 0.2) is 0 Å². The van der Waals surface area contributed by atoms with Crippen molar-refractivity contribution in [2.45, 2.75) is 32.8 Å². The maximum Gasteiger partial charge on any atom is 0.0681 e. The molecule has 0 rings (SSSR count). The zero-order chi connectivity index (χ0) is 8.69. The predicted molar refractivity (Wildman–Crippen MR) is 45.1 cm³/mol. The average molecular weight is 153 g/mol. The van der Waals surface area contributed by atoms with Crippen LogP contribution < -0.4 is 0 Å². The van der Waals surface area contributed by atoms with Gasteiger partial charge in [-0.1, -0.05) is 19.1 Å². The molecular formula is C9H15NO. The first-order valence-corrected chi connectivity index (χ1v) is 3.85. The van der Waals surface area contributed by atoms with Crippen molar-refractivity contribution in [3.63, 3.8) is 0 Å². The summed E-state index contributed by atoms with van der Waals surface area (Å²) >= 11 is 0. The van der Waals surface area contributed by atoms with Gasteiger partial charge in [0.25, 0.3) is 0 Å². The minimum Gasteiger partial charge on any atom is -0.373 e. The van der Waals surface area contributed by atoms with Gasteiger partial charge in [0, 0.05) is 0 Å². The third-order valence-corrected chi connectivity index (χ3v) is 1.45. The Balaban J connectivity index is 3.39. The fourth-order valence-electron chi connectivity index (χ4n) is 0.550. The normalized spacial score (nSPS) is 12.1. The molecule has 0 amide bonds. The molecule has 0 aliphatic carbocycles. The van der Waals surface area contributed by atoms with Gasteiger partial charge in [-0.2, -0.15) is 5.26 Å². The lowest BCUT2D eigenvalue weighted by molar-refractivity contribution is 0.0860. The Morgan fingerprint density at radius 2 is 2.36 bits per heavy atom. The summed E-state index contributed by atoms with van der Waals surface area (Å²) in [7, 11) is 0. The molecule has 0 aromatic rings. The van der Waals surface area contributed by atoms with E-state index in [4.69, 9.17) is 10.00 Å². The van der Waals surface area contributed by atoms with Crippen molar-refractivity contribution in [1.29, 1.82) is 5.26 Å². The van der Waals surface area contributed by atoms with Crippen molar-refractivity contribution in [3.8, 4) is 6.07 Å². The summed E-state index contributed by atoms with van der Waals surface area (Å²) in [6, 6.07) is 2.05. The van der Waals surface area contributed by atoms with Crippen LogP contribution in [0.2, 0.25) is 0 Å². The maximum absolute atomic E-state index is 8.31. The van der Waals surface area contributed by atoms with E-state index < -0.39 is 0 Å². The van der Waals surface area contributed by atoms with Crippen LogP contribution in [-0.4, -0.2) is 12.7 Å². The number of nitriles is 1. The summed E-state index contributed by atoms with van der Waals surface area (Å²) in [6.07, 6.45) is 1.43. The number of hydrogen-bond acceptors (Lipinski definition) is 2. The molecule has 1 unspecified atom stereocenters. The molecule has 0 aliphatic heterocycles. The highest BCUT2D eigenvalue weighted by atomic mass is 16.5. The first kappa shape index (κ1) is 10.2. The maximum atomic E-state index is 8.31. The van der Waals surface area contributed by atoms with Crippen molar-refractivity contribution in [2.24, 2.45) is 0 Å². The molecule has 0 bridgehead atoms. The SMILES string of the molecule is C=C(CC)COC(C)CC#N. The van der Waals surface area contributed by atoms with Gasteiger partial charge in [-0.3, -0.25) is 0 Å². The van der Waals surface area contributed by atoms with E-state index in [2.05, 4.69) is 12.6 Å². The summed E-state index contributed by atoms with van der Waals surface area (Å²) in [5.74, 6) is 0. The van der Waals surface area contributed by atoms with E-state index in [1.807, 2.05) is 13.8 Å². The number of rotatable bonds is 5. The standard InChI is InChI=1S/C9H15NO/c1-4-8(2)7-11-9(3)5-6-10/h9H,2,4-5,7H2,1,3H3. The number of nitrogens with zero attached hydrogens (tertiary/aromatic N) is 1. The first-order chi connectivity index (χ1) is 5.20. The van der Waals surface area contributed by atoms with Crippen molar-refractivity contribution in [3.05, 3.63) is 12.2 Å². The predicted octanol–water partition coefficient (Wildman–Crippen LogP) is 2.27. The molecule has 62 valence electrons. The lowest BCUT2D eigenvalue weighted by Crippen LogP contribution is -2.08. The molecule has 0 aromatic heterocycles. The van der Waals surface area contributed by atoms with Gasteiger partial charge in [-0.25, -0.2) is 0 Å². The van der Waals surface area contributed by atoms with E-state index in [1.54, 1.807) is 0 Å². The minimum atomic E-state index is 0.0308. The Hall–Kier alpha value is -0.810. The highest BCUT2D eigenvalue weighted by molar-refractivity contribution is 4.92.